The average molecular weight is 379 g/mol. The van der Waals surface area contributed by atoms with E-state index < -0.39 is 0 Å². The zero-order valence-electron chi connectivity index (χ0n) is 17.0. The minimum atomic E-state index is 0.172. The molecule has 27 heavy (non-hydrogen) atoms. The summed E-state index contributed by atoms with van der Waals surface area (Å²) in [4.78, 5) is 6.49. The van der Waals surface area contributed by atoms with Crippen LogP contribution in [0.3, 0.4) is 0 Å². The zero-order valence-corrected chi connectivity index (χ0v) is 17.0. The van der Waals surface area contributed by atoms with Crippen molar-refractivity contribution in [2.45, 2.75) is 25.0 Å². The highest BCUT2D eigenvalue weighted by molar-refractivity contribution is 5.79. The molecule has 7 heteroatoms. The van der Waals surface area contributed by atoms with E-state index in [0.29, 0.717) is 0 Å². The van der Waals surface area contributed by atoms with Gasteiger partial charge in [-0.25, -0.2) is 0 Å². The van der Waals surface area contributed by atoms with Crippen LogP contribution in [0.5, 0.6) is 5.75 Å². The molecule has 2 rings (SSSR count). The van der Waals surface area contributed by atoms with Crippen LogP contribution in [0.15, 0.2) is 29.3 Å². The van der Waals surface area contributed by atoms with Gasteiger partial charge in [0.25, 0.3) is 0 Å². The predicted molar refractivity (Wildman–Crippen MR) is 109 cm³/mol. The number of nitrogens with zero attached hydrogens (tertiary/aromatic N) is 2. The van der Waals surface area contributed by atoms with Gasteiger partial charge in [-0.3, -0.25) is 4.99 Å². The Morgan fingerprint density at radius 3 is 2.81 bits per heavy atom. The van der Waals surface area contributed by atoms with Gasteiger partial charge >= 0.3 is 0 Å². The van der Waals surface area contributed by atoms with Crippen molar-refractivity contribution in [2.24, 2.45) is 4.99 Å². The van der Waals surface area contributed by atoms with Gasteiger partial charge in [0.15, 0.2) is 5.96 Å². The van der Waals surface area contributed by atoms with Gasteiger partial charge in [0.1, 0.15) is 5.75 Å². The first-order valence-electron chi connectivity index (χ1n) is 9.59. The van der Waals surface area contributed by atoms with E-state index in [-0.39, 0.29) is 12.1 Å². The molecular weight excluding hydrogens is 344 g/mol. The molecule has 1 aliphatic rings. The van der Waals surface area contributed by atoms with Crippen molar-refractivity contribution in [1.82, 2.24) is 15.5 Å². The maximum absolute atomic E-state index is 5.79. The fourth-order valence-electron chi connectivity index (χ4n) is 3.10. The number of hydrogen-bond acceptors (Lipinski definition) is 5. The summed E-state index contributed by atoms with van der Waals surface area (Å²) in [5.41, 5.74) is 1.15. The van der Waals surface area contributed by atoms with Gasteiger partial charge in [0.05, 0.1) is 25.9 Å². The number of aliphatic imine (C=N–C) groups is 1. The molecule has 152 valence electrons. The highest BCUT2D eigenvalue weighted by atomic mass is 16.5. The van der Waals surface area contributed by atoms with Crippen LogP contribution in [0, 0.1) is 0 Å². The second-order valence-electron chi connectivity index (χ2n) is 6.81. The van der Waals surface area contributed by atoms with Crippen molar-refractivity contribution in [3.05, 3.63) is 29.8 Å². The summed E-state index contributed by atoms with van der Waals surface area (Å²) in [5, 5.41) is 6.76. The van der Waals surface area contributed by atoms with Gasteiger partial charge in [-0.1, -0.05) is 18.2 Å². The van der Waals surface area contributed by atoms with Crippen LogP contribution in [0.4, 0.5) is 0 Å². The Balaban J connectivity index is 1.76. The fourth-order valence-corrected chi connectivity index (χ4v) is 3.10. The van der Waals surface area contributed by atoms with Crippen molar-refractivity contribution in [3.63, 3.8) is 0 Å². The highest BCUT2D eigenvalue weighted by Gasteiger charge is 2.18. The number of nitrogens with one attached hydrogen (secondary N) is 2. The van der Waals surface area contributed by atoms with Crippen molar-refractivity contribution < 1.29 is 14.2 Å². The molecule has 1 aromatic carbocycles. The highest BCUT2D eigenvalue weighted by Crippen LogP contribution is 2.27. The lowest BCUT2D eigenvalue weighted by Gasteiger charge is -2.27. The van der Waals surface area contributed by atoms with Crippen molar-refractivity contribution in [1.29, 1.82) is 0 Å². The van der Waals surface area contributed by atoms with E-state index in [4.69, 9.17) is 14.2 Å². The van der Waals surface area contributed by atoms with Crippen molar-refractivity contribution in [2.75, 3.05) is 61.2 Å². The van der Waals surface area contributed by atoms with Gasteiger partial charge < -0.3 is 29.7 Å². The normalized spacial score (nSPS) is 18.6. The number of ether oxygens (including phenoxy) is 3. The summed E-state index contributed by atoms with van der Waals surface area (Å²) in [6.07, 6.45) is 2.20. The van der Waals surface area contributed by atoms with E-state index in [1.165, 1.54) is 0 Å². The van der Waals surface area contributed by atoms with Gasteiger partial charge in [-0.2, -0.15) is 0 Å². The topological polar surface area (TPSA) is 67.4 Å². The number of rotatable bonds is 10. The molecule has 0 spiro atoms. The number of likely N-dealkylation sites (N-methyl/N-ethyl adjacent to an activating group) is 1. The molecule has 0 amide bonds. The molecule has 0 aliphatic carbocycles. The molecule has 2 unspecified atom stereocenters. The second kappa shape index (κ2) is 11.8. The van der Waals surface area contributed by atoms with Gasteiger partial charge in [-0.15, -0.1) is 0 Å². The summed E-state index contributed by atoms with van der Waals surface area (Å²) >= 11 is 0. The van der Waals surface area contributed by atoms with E-state index >= 15 is 0 Å². The summed E-state index contributed by atoms with van der Waals surface area (Å²) in [5.74, 6) is 1.69. The molecule has 7 nitrogen and oxygen atoms in total. The molecule has 2 N–H and O–H groups in total. The Bertz CT molecular complexity index is 574. The van der Waals surface area contributed by atoms with Gasteiger partial charge in [-0.05, 0) is 33.0 Å². The van der Waals surface area contributed by atoms with Crippen LogP contribution in [0.2, 0.25) is 0 Å². The molecule has 0 aromatic heterocycles. The van der Waals surface area contributed by atoms with Crippen LogP contribution in [0.25, 0.3) is 0 Å². The first kappa shape index (κ1) is 21.5. The molecule has 0 radical (unpaired) electrons. The Hall–Kier alpha value is -1.83. The number of guanidine groups is 1. The Morgan fingerprint density at radius 2 is 2.15 bits per heavy atom. The third kappa shape index (κ3) is 7.01. The van der Waals surface area contributed by atoms with E-state index in [1.807, 2.05) is 18.2 Å². The maximum Gasteiger partial charge on any atom is 0.191 e. The lowest BCUT2D eigenvalue weighted by molar-refractivity contribution is 0.0420. The SMILES string of the molecule is CN=C(NCCCOC1CCOC1)NCC(c1ccccc1OC)N(C)C. The van der Waals surface area contributed by atoms with E-state index in [1.54, 1.807) is 14.2 Å². The molecule has 2 atom stereocenters. The number of benzene rings is 1. The van der Waals surface area contributed by atoms with E-state index in [0.717, 1.165) is 63.0 Å². The first-order chi connectivity index (χ1) is 13.2. The van der Waals surface area contributed by atoms with E-state index in [2.05, 4.69) is 40.7 Å². The van der Waals surface area contributed by atoms with E-state index in [9.17, 15) is 0 Å². The minimum absolute atomic E-state index is 0.172. The largest absolute Gasteiger partial charge is 0.496 e. The average Bonchev–Trinajstić information content (AvgIpc) is 3.19. The van der Waals surface area contributed by atoms with Crippen LogP contribution in [-0.2, 0) is 9.47 Å². The van der Waals surface area contributed by atoms with Gasteiger partial charge in [0.2, 0.25) is 0 Å². The van der Waals surface area contributed by atoms with Crippen molar-refractivity contribution in [3.8, 4) is 5.75 Å². The van der Waals surface area contributed by atoms with Crippen LogP contribution >= 0.6 is 0 Å². The summed E-state index contributed by atoms with van der Waals surface area (Å²) in [7, 11) is 7.63. The quantitative estimate of drug-likeness (QED) is 0.367. The van der Waals surface area contributed by atoms with Crippen LogP contribution < -0.4 is 15.4 Å². The fraction of sp³-hybridized carbons (Fsp3) is 0.650. The number of hydrogen-bond donors (Lipinski definition) is 2. The third-order valence-electron chi connectivity index (χ3n) is 4.66. The molecule has 1 aromatic rings. The van der Waals surface area contributed by atoms with Gasteiger partial charge in [0, 0.05) is 38.9 Å². The summed E-state index contributed by atoms with van der Waals surface area (Å²) < 4.78 is 16.6. The van der Waals surface area contributed by atoms with Crippen molar-refractivity contribution >= 4 is 5.96 Å². The van der Waals surface area contributed by atoms with Crippen LogP contribution in [0.1, 0.15) is 24.4 Å². The predicted octanol–water partition coefficient (Wildman–Crippen LogP) is 1.66. The lowest BCUT2D eigenvalue weighted by Crippen LogP contribution is -2.42. The first-order valence-corrected chi connectivity index (χ1v) is 9.59. The molecule has 1 saturated heterocycles. The molecular formula is C20H34N4O3. The summed E-state index contributed by atoms with van der Waals surface area (Å²) in [6.45, 7) is 3.82. The molecule has 0 bridgehead atoms. The summed E-state index contributed by atoms with van der Waals surface area (Å²) in [6, 6.07) is 8.30. The zero-order chi connectivity index (χ0) is 19.5. The molecule has 0 saturated carbocycles. The Labute approximate surface area is 163 Å². The second-order valence-corrected chi connectivity index (χ2v) is 6.81. The minimum Gasteiger partial charge on any atom is -0.496 e. The molecule has 1 fully saturated rings. The molecule has 1 aliphatic heterocycles. The Kier molecular flexibility index (Phi) is 9.38. The third-order valence-corrected chi connectivity index (χ3v) is 4.66. The Morgan fingerprint density at radius 1 is 1.33 bits per heavy atom. The van der Waals surface area contributed by atoms with Crippen LogP contribution in [-0.4, -0.2) is 78.1 Å². The number of methoxy groups -OCH3 is 1. The monoisotopic (exact) mass is 378 g/mol. The smallest absolute Gasteiger partial charge is 0.191 e. The maximum atomic E-state index is 5.79. The lowest BCUT2D eigenvalue weighted by atomic mass is 10.0. The number of para-hydroxylation sites is 1. The molecule has 1 heterocycles. The standard InChI is InChI=1S/C20H34N4O3/c1-21-20(22-11-7-12-27-16-10-13-26-15-16)23-14-18(24(2)3)17-8-5-6-9-19(17)25-4/h5-6,8-9,16,18H,7,10-15H2,1-4H3,(H2,21,22,23).